The van der Waals surface area contributed by atoms with E-state index in [0.717, 1.165) is 0 Å². The number of aromatic nitrogens is 2. The number of benzene rings is 1. The molecule has 0 atom stereocenters. The second kappa shape index (κ2) is 5.99. The monoisotopic (exact) mass is 340 g/mol. The fourth-order valence-corrected chi connectivity index (χ4v) is 1.92. The molecule has 2 rings (SSSR count). The number of carbonyl (C=O) groups is 1. The van der Waals surface area contributed by atoms with Crippen molar-refractivity contribution in [3.05, 3.63) is 45.8 Å². The molecule has 2 N–H and O–H groups in total. The Morgan fingerprint density at radius 1 is 1.37 bits per heavy atom. The summed E-state index contributed by atoms with van der Waals surface area (Å²) in [5.41, 5.74) is 0.799. The van der Waals surface area contributed by atoms with Crippen molar-refractivity contribution in [1.29, 1.82) is 0 Å². The maximum Gasteiger partial charge on any atom is 0.275 e. The number of carbonyl (C=O) groups excluding carboxylic acids is 1. The van der Waals surface area contributed by atoms with Crippen molar-refractivity contribution in [2.45, 2.75) is 0 Å². The van der Waals surface area contributed by atoms with E-state index in [1.807, 2.05) is 0 Å². The highest BCUT2D eigenvalue weighted by atomic mass is 79.9. The van der Waals surface area contributed by atoms with E-state index in [1.54, 1.807) is 25.2 Å². The third-order valence-electron chi connectivity index (χ3n) is 2.32. The molecule has 1 aromatic heterocycles. The van der Waals surface area contributed by atoms with Crippen LogP contribution in [-0.2, 0) is 0 Å². The van der Waals surface area contributed by atoms with E-state index >= 15 is 0 Å². The van der Waals surface area contributed by atoms with Crippen LogP contribution in [0.25, 0.3) is 0 Å². The molecule has 7 heteroatoms. The quantitative estimate of drug-likeness (QED) is 0.900. The van der Waals surface area contributed by atoms with Crippen LogP contribution in [0.15, 0.2) is 35.1 Å². The summed E-state index contributed by atoms with van der Waals surface area (Å²) in [4.78, 5) is 20.1. The largest absolute Gasteiger partial charge is 0.372 e. The lowest BCUT2D eigenvalue weighted by Crippen LogP contribution is -2.15. The van der Waals surface area contributed by atoms with Gasteiger partial charge in [-0.1, -0.05) is 17.7 Å². The average molecular weight is 342 g/mol. The molecule has 19 heavy (non-hydrogen) atoms. The SMILES string of the molecule is CNc1cncc(C(=O)Nc2cccc(Cl)c2Br)n1. The van der Waals surface area contributed by atoms with Gasteiger partial charge in [0.25, 0.3) is 5.91 Å². The van der Waals surface area contributed by atoms with Crippen molar-refractivity contribution in [3.63, 3.8) is 0 Å². The lowest BCUT2D eigenvalue weighted by Gasteiger charge is -2.08. The van der Waals surface area contributed by atoms with Crippen LogP contribution in [0.4, 0.5) is 11.5 Å². The predicted molar refractivity (Wildman–Crippen MR) is 78.7 cm³/mol. The van der Waals surface area contributed by atoms with Crippen LogP contribution in [0.3, 0.4) is 0 Å². The zero-order valence-corrected chi connectivity index (χ0v) is 12.3. The first-order chi connectivity index (χ1) is 9.11. The molecule has 0 unspecified atom stereocenters. The summed E-state index contributed by atoms with van der Waals surface area (Å²) >= 11 is 9.27. The molecule has 0 saturated carbocycles. The first-order valence-corrected chi connectivity index (χ1v) is 6.54. The maximum absolute atomic E-state index is 12.0. The van der Waals surface area contributed by atoms with E-state index in [1.165, 1.54) is 12.4 Å². The predicted octanol–water partition coefficient (Wildman–Crippen LogP) is 3.19. The van der Waals surface area contributed by atoms with E-state index in [9.17, 15) is 4.79 Å². The Hall–Kier alpha value is -1.66. The van der Waals surface area contributed by atoms with Crippen LogP contribution in [0.5, 0.6) is 0 Å². The fourth-order valence-electron chi connectivity index (χ4n) is 1.38. The molecule has 0 fully saturated rings. The standard InChI is InChI=1S/C12H10BrClN4O/c1-15-10-6-16-5-9(17-10)12(19)18-8-4-2-3-7(14)11(8)13/h2-6H,1H3,(H,15,17)(H,18,19). The average Bonchev–Trinajstić information content (AvgIpc) is 2.44. The van der Waals surface area contributed by atoms with Gasteiger partial charge in [0.15, 0.2) is 0 Å². The maximum atomic E-state index is 12.0. The topological polar surface area (TPSA) is 66.9 Å². The van der Waals surface area contributed by atoms with E-state index < -0.39 is 0 Å². The fraction of sp³-hybridized carbons (Fsp3) is 0.0833. The Kier molecular flexibility index (Phi) is 4.34. The molecule has 0 aliphatic heterocycles. The molecule has 1 aromatic carbocycles. The molecule has 0 bridgehead atoms. The summed E-state index contributed by atoms with van der Waals surface area (Å²) in [7, 11) is 1.71. The van der Waals surface area contributed by atoms with Crippen LogP contribution < -0.4 is 10.6 Å². The van der Waals surface area contributed by atoms with E-state index in [4.69, 9.17) is 11.6 Å². The summed E-state index contributed by atoms with van der Waals surface area (Å²) < 4.78 is 0.628. The first kappa shape index (κ1) is 13.8. The van der Waals surface area contributed by atoms with Gasteiger partial charge in [0.2, 0.25) is 0 Å². The molecule has 0 aliphatic carbocycles. The molecule has 0 saturated heterocycles. The zero-order chi connectivity index (χ0) is 13.8. The Labute approximate surface area is 123 Å². The number of hydrogen-bond acceptors (Lipinski definition) is 4. The minimum Gasteiger partial charge on any atom is -0.372 e. The summed E-state index contributed by atoms with van der Waals surface area (Å²) in [6.07, 6.45) is 2.93. The number of nitrogens with one attached hydrogen (secondary N) is 2. The van der Waals surface area contributed by atoms with Crippen LogP contribution in [-0.4, -0.2) is 22.9 Å². The van der Waals surface area contributed by atoms with Crippen molar-refractivity contribution in [1.82, 2.24) is 9.97 Å². The molecular weight excluding hydrogens is 332 g/mol. The number of amides is 1. The van der Waals surface area contributed by atoms with Crippen LogP contribution in [0.1, 0.15) is 10.5 Å². The van der Waals surface area contributed by atoms with Gasteiger partial charge in [-0.2, -0.15) is 0 Å². The van der Waals surface area contributed by atoms with E-state index in [2.05, 4.69) is 36.5 Å². The van der Waals surface area contributed by atoms with Gasteiger partial charge in [-0.05, 0) is 28.1 Å². The van der Waals surface area contributed by atoms with Crippen molar-refractivity contribution in [3.8, 4) is 0 Å². The number of anilines is 2. The molecule has 2 aromatic rings. The third kappa shape index (κ3) is 3.21. The van der Waals surface area contributed by atoms with Crippen molar-refractivity contribution in [2.24, 2.45) is 0 Å². The molecule has 1 heterocycles. The van der Waals surface area contributed by atoms with E-state index in [-0.39, 0.29) is 11.6 Å². The molecule has 98 valence electrons. The number of nitrogens with zero attached hydrogens (tertiary/aromatic N) is 2. The summed E-state index contributed by atoms with van der Waals surface area (Å²) in [6.45, 7) is 0. The van der Waals surface area contributed by atoms with Crippen molar-refractivity contribution in [2.75, 3.05) is 17.7 Å². The summed E-state index contributed by atoms with van der Waals surface area (Å²) in [5.74, 6) is 0.172. The Morgan fingerprint density at radius 3 is 2.89 bits per heavy atom. The Bertz CT molecular complexity index is 620. The normalized spacial score (nSPS) is 10.1. The molecule has 5 nitrogen and oxygen atoms in total. The number of hydrogen-bond donors (Lipinski definition) is 2. The lowest BCUT2D eigenvalue weighted by molar-refractivity contribution is 0.102. The highest BCUT2D eigenvalue weighted by Gasteiger charge is 2.11. The van der Waals surface area contributed by atoms with Gasteiger partial charge in [-0.25, -0.2) is 4.98 Å². The van der Waals surface area contributed by atoms with Crippen LogP contribution >= 0.6 is 27.5 Å². The molecule has 0 radical (unpaired) electrons. The Balaban J connectivity index is 2.23. The number of rotatable bonds is 3. The van der Waals surface area contributed by atoms with Crippen molar-refractivity contribution < 1.29 is 4.79 Å². The Morgan fingerprint density at radius 2 is 2.16 bits per heavy atom. The minimum atomic E-state index is -0.354. The first-order valence-electron chi connectivity index (χ1n) is 5.37. The lowest BCUT2D eigenvalue weighted by atomic mass is 10.3. The second-order valence-corrected chi connectivity index (χ2v) is 4.80. The van der Waals surface area contributed by atoms with Crippen LogP contribution in [0, 0.1) is 0 Å². The molecule has 1 amide bonds. The zero-order valence-electron chi connectivity index (χ0n) is 9.95. The van der Waals surface area contributed by atoms with Gasteiger partial charge in [0.05, 0.1) is 27.6 Å². The van der Waals surface area contributed by atoms with Gasteiger partial charge in [0.1, 0.15) is 11.5 Å². The van der Waals surface area contributed by atoms with Gasteiger partial charge in [-0.3, -0.25) is 9.78 Å². The van der Waals surface area contributed by atoms with Gasteiger partial charge >= 0.3 is 0 Å². The highest BCUT2D eigenvalue weighted by Crippen LogP contribution is 2.30. The molecule has 0 aliphatic rings. The summed E-state index contributed by atoms with van der Waals surface area (Å²) in [6, 6.07) is 5.21. The minimum absolute atomic E-state index is 0.221. The summed E-state index contributed by atoms with van der Waals surface area (Å²) in [5, 5.41) is 6.06. The van der Waals surface area contributed by atoms with E-state index in [0.29, 0.717) is 21.0 Å². The number of halogens is 2. The van der Waals surface area contributed by atoms with Crippen LogP contribution in [0.2, 0.25) is 5.02 Å². The van der Waals surface area contributed by atoms with Gasteiger partial charge in [0, 0.05) is 7.05 Å². The molecule has 0 spiro atoms. The van der Waals surface area contributed by atoms with Gasteiger partial charge < -0.3 is 10.6 Å². The highest BCUT2D eigenvalue weighted by molar-refractivity contribution is 9.10. The smallest absolute Gasteiger partial charge is 0.275 e. The molecular formula is C12H10BrClN4O. The van der Waals surface area contributed by atoms with Crippen molar-refractivity contribution >= 4 is 44.9 Å². The third-order valence-corrected chi connectivity index (χ3v) is 3.72. The second-order valence-electron chi connectivity index (χ2n) is 3.60. The van der Waals surface area contributed by atoms with Gasteiger partial charge in [-0.15, -0.1) is 0 Å².